The summed E-state index contributed by atoms with van der Waals surface area (Å²) in [4.78, 5) is 4.50. The van der Waals surface area contributed by atoms with Crippen LogP contribution in [0.25, 0.3) is 22.7 Å². The van der Waals surface area contributed by atoms with E-state index in [9.17, 15) is 4.39 Å². The minimum Gasteiger partial charge on any atom is -0.497 e. The number of oxazole rings is 1. The van der Waals surface area contributed by atoms with E-state index in [4.69, 9.17) is 9.15 Å². The molecule has 5 heteroatoms. The van der Waals surface area contributed by atoms with Gasteiger partial charge in [0, 0.05) is 33.7 Å². The standard InChI is InChI=1S/C16H11FINO2/c1-20-13-8-4-11(5-9-13)16-19-14(15(18)21-16)10-2-6-12(17)7-3-10/h2-9H,1H3. The van der Waals surface area contributed by atoms with Gasteiger partial charge in [-0.15, -0.1) is 0 Å². The zero-order valence-electron chi connectivity index (χ0n) is 11.1. The predicted octanol–water partition coefficient (Wildman–Crippen LogP) is 4.76. The lowest BCUT2D eigenvalue weighted by atomic mass is 10.2. The van der Waals surface area contributed by atoms with Gasteiger partial charge in [0.1, 0.15) is 17.3 Å². The first-order valence-electron chi connectivity index (χ1n) is 6.24. The summed E-state index contributed by atoms with van der Waals surface area (Å²) in [6, 6.07) is 13.7. The number of rotatable bonds is 3. The summed E-state index contributed by atoms with van der Waals surface area (Å²) in [5, 5.41) is 0. The maximum Gasteiger partial charge on any atom is 0.228 e. The van der Waals surface area contributed by atoms with Crippen molar-refractivity contribution in [3.8, 4) is 28.5 Å². The fourth-order valence-corrected chi connectivity index (χ4v) is 2.58. The SMILES string of the molecule is COc1ccc(-c2nc(-c3ccc(F)cc3)c(I)o2)cc1. The third kappa shape index (κ3) is 2.92. The molecule has 0 saturated carbocycles. The fourth-order valence-electron chi connectivity index (χ4n) is 1.94. The zero-order chi connectivity index (χ0) is 14.8. The number of benzene rings is 2. The molecule has 21 heavy (non-hydrogen) atoms. The van der Waals surface area contributed by atoms with Crippen LogP contribution < -0.4 is 4.74 Å². The zero-order valence-corrected chi connectivity index (χ0v) is 13.3. The van der Waals surface area contributed by atoms with Crippen LogP contribution in [-0.2, 0) is 0 Å². The molecular weight excluding hydrogens is 384 g/mol. The topological polar surface area (TPSA) is 35.3 Å². The molecule has 3 nitrogen and oxygen atoms in total. The van der Waals surface area contributed by atoms with E-state index in [1.54, 1.807) is 19.2 Å². The van der Waals surface area contributed by atoms with Crippen molar-refractivity contribution in [3.05, 3.63) is 58.1 Å². The number of aromatic nitrogens is 1. The van der Waals surface area contributed by atoms with Crippen LogP contribution in [0.5, 0.6) is 5.75 Å². The number of hydrogen-bond donors (Lipinski definition) is 0. The fraction of sp³-hybridized carbons (Fsp3) is 0.0625. The van der Waals surface area contributed by atoms with Crippen LogP contribution in [-0.4, -0.2) is 12.1 Å². The van der Waals surface area contributed by atoms with Crippen LogP contribution in [0.1, 0.15) is 0 Å². The molecule has 2 aromatic carbocycles. The lowest BCUT2D eigenvalue weighted by Crippen LogP contribution is -1.84. The number of nitrogens with zero attached hydrogens (tertiary/aromatic N) is 1. The van der Waals surface area contributed by atoms with Gasteiger partial charge in [-0.1, -0.05) is 0 Å². The van der Waals surface area contributed by atoms with Gasteiger partial charge in [0.05, 0.1) is 7.11 Å². The lowest BCUT2D eigenvalue weighted by molar-refractivity contribution is 0.415. The Kier molecular flexibility index (Phi) is 3.92. The largest absolute Gasteiger partial charge is 0.497 e. The second kappa shape index (κ2) is 5.85. The summed E-state index contributed by atoms with van der Waals surface area (Å²) in [5.74, 6) is 1.03. The first-order chi connectivity index (χ1) is 10.2. The Labute approximate surface area is 134 Å². The van der Waals surface area contributed by atoms with Crippen molar-refractivity contribution in [1.29, 1.82) is 0 Å². The van der Waals surface area contributed by atoms with Crippen LogP contribution in [0.3, 0.4) is 0 Å². The number of halogens is 2. The second-order valence-electron chi connectivity index (χ2n) is 4.38. The number of methoxy groups -OCH3 is 1. The molecule has 0 spiro atoms. The van der Waals surface area contributed by atoms with Gasteiger partial charge in [-0.2, -0.15) is 0 Å². The molecule has 0 aliphatic rings. The molecule has 0 bridgehead atoms. The third-order valence-corrected chi connectivity index (χ3v) is 3.77. The molecule has 3 rings (SSSR count). The average Bonchev–Trinajstić information content (AvgIpc) is 2.90. The minimum absolute atomic E-state index is 0.271. The van der Waals surface area contributed by atoms with Gasteiger partial charge in [-0.3, -0.25) is 0 Å². The van der Waals surface area contributed by atoms with E-state index in [1.165, 1.54) is 12.1 Å². The summed E-state index contributed by atoms with van der Waals surface area (Å²) in [7, 11) is 1.62. The van der Waals surface area contributed by atoms with Crippen molar-refractivity contribution in [2.24, 2.45) is 0 Å². The molecule has 0 fully saturated rings. The quantitative estimate of drug-likeness (QED) is 0.600. The van der Waals surface area contributed by atoms with E-state index in [2.05, 4.69) is 27.6 Å². The molecule has 1 heterocycles. The van der Waals surface area contributed by atoms with Gasteiger partial charge in [-0.05, 0) is 48.5 Å². The van der Waals surface area contributed by atoms with E-state index < -0.39 is 0 Å². The van der Waals surface area contributed by atoms with E-state index >= 15 is 0 Å². The van der Waals surface area contributed by atoms with Crippen LogP contribution >= 0.6 is 22.6 Å². The van der Waals surface area contributed by atoms with E-state index in [-0.39, 0.29) is 5.82 Å². The first kappa shape index (κ1) is 14.1. The first-order valence-corrected chi connectivity index (χ1v) is 7.32. The molecule has 0 N–H and O–H groups in total. The second-order valence-corrected chi connectivity index (χ2v) is 5.36. The van der Waals surface area contributed by atoms with E-state index in [0.717, 1.165) is 16.9 Å². The Hall–Kier alpha value is -1.89. The summed E-state index contributed by atoms with van der Waals surface area (Å²) in [5.41, 5.74) is 2.40. The number of ether oxygens (including phenoxy) is 1. The third-order valence-electron chi connectivity index (χ3n) is 3.04. The van der Waals surface area contributed by atoms with Crippen LogP contribution in [0, 0.1) is 9.58 Å². The Morgan fingerprint density at radius 2 is 1.62 bits per heavy atom. The molecular formula is C16H11FINO2. The molecule has 0 amide bonds. The number of hydrogen-bond acceptors (Lipinski definition) is 3. The van der Waals surface area contributed by atoms with Gasteiger partial charge >= 0.3 is 0 Å². The van der Waals surface area contributed by atoms with Crippen molar-refractivity contribution in [1.82, 2.24) is 4.98 Å². The Morgan fingerprint density at radius 3 is 2.24 bits per heavy atom. The lowest BCUT2D eigenvalue weighted by Gasteiger charge is -1.99. The van der Waals surface area contributed by atoms with Crippen molar-refractivity contribution in [2.75, 3.05) is 7.11 Å². The highest BCUT2D eigenvalue weighted by molar-refractivity contribution is 14.1. The predicted molar refractivity (Wildman–Crippen MR) is 86.6 cm³/mol. The molecule has 0 aliphatic heterocycles. The van der Waals surface area contributed by atoms with Crippen molar-refractivity contribution < 1.29 is 13.5 Å². The van der Waals surface area contributed by atoms with Crippen LogP contribution in [0.2, 0.25) is 0 Å². The maximum absolute atomic E-state index is 13.0. The molecule has 0 saturated heterocycles. The van der Waals surface area contributed by atoms with E-state index in [0.29, 0.717) is 15.4 Å². The molecule has 0 unspecified atom stereocenters. The summed E-state index contributed by atoms with van der Waals surface area (Å²) in [6.45, 7) is 0. The summed E-state index contributed by atoms with van der Waals surface area (Å²) >= 11 is 2.09. The van der Waals surface area contributed by atoms with E-state index in [1.807, 2.05) is 24.3 Å². The van der Waals surface area contributed by atoms with Gasteiger partial charge in [-0.25, -0.2) is 9.37 Å². The minimum atomic E-state index is -0.271. The Morgan fingerprint density at radius 1 is 1.00 bits per heavy atom. The van der Waals surface area contributed by atoms with Gasteiger partial charge in [0.15, 0.2) is 3.77 Å². The highest BCUT2D eigenvalue weighted by Crippen LogP contribution is 2.30. The highest BCUT2D eigenvalue weighted by Gasteiger charge is 2.14. The van der Waals surface area contributed by atoms with Gasteiger partial charge in [0.2, 0.25) is 5.89 Å². The van der Waals surface area contributed by atoms with Crippen LogP contribution in [0.15, 0.2) is 52.9 Å². The normalized spacial score (nSPS) is 10.6. The Bertz CT molecular complexity index is 751. The summed E-state index contributed by atoms with van der Waals surface area (Å²) < 4.78 is 24.5. The summed E-state index contributed by atoms with van der Waals surface area (Å²) in [6.07, 6.45) is 0. The molecule has 106 valence electrons. The molecule has 0 atom stereocenters. The molecule has 0 radical (unpaired) electrons. The smallest absolute Gasteiger partial charge is 0.228 e. The van der Waals surface area contributed by atoms with Gasteiger partial charge < -0.3 is 9.15 Å². The monoisotopic (exact) mass is 395 g/mol. The molecule has 1 aromatic heterocycles. The average molecular weight is 395 g/mol. The van der Waals surface area contributed by atoms with Crippen molar-refractivity contribution in [2.45, 2.75) is 0 Å². The molecule has 3 aromatic rings. The van der Waals surface area contributed by atoms with Crippen molar-refractivity contribution in [3.63, 3.8) is 0 Å². The van der Waals surface area contributed by atoms with Crippen LogP contribution in [0.4, 0.5) is 4.39 Å². The molecule has 0 aliphatic carbocycles. The highest BCUT2D eigenvalue weighted by atomic mass is 127. The van der Waals surface area contributed by atoms with Gasteiger partial charge in [0.25, 0.3) is 0 Å². The maximum atomic E-state index is 13.0. The van der Waals surface area contributed by atoms with Crippen molar-refractivity contribution >= 4 is 22.6 Å². The Balaban J connectivity index is 1.98.